The fourth-order valence-electron chi connectivity index (χ4n) is 3.93. The van der Waals surface area contributed by atoms with Gasteiger partial charge in [0.05, 0.1) is 5.52 Å². The van der Waals surface area contributed by atoms with Crippen LogP contribution in [-0.4, -0.2) is 35.0 Å². The molecular formula is C26H41N3. The van der Waals surface area contributed by atoms with Crippen molar-refractivity contribution >= 4 is 10.9 Å². The first-order chi connectivity index (χ1) is 14.2. The van der Waals surface area contributed by atoms with Crippen LogP contribution in [0.25, 0.3) is 10.9 Å². The third-order valence-electron chi connectivity index (χ3n) is 5.81. The molecule has 3 rings (SSSR count). The molecule has 2 heterocycles. The van der Waals surface area contributed by atoms with Crippen molar-refractivity contribution in [3.8, 4) is 0 Å². The molecule has 3 nitrogen and oxygen atoms in total. The van der Waals surface area contributed by atoms with Crippen molar-refractivity contribution in [2.45, 2.75) is 83.7 Å². The lowest BCUT2D eigenvalue weighted by Crippen LogP contribution is -2.33. The summed E-state index contributed by atoms with van der Waals surface area (Å²) in [4.78, 5) is 8.84. The quantitative estimate of drug-likeness (QED) is 0.375. The molecule has 0 bridgehead atoms. The molecule has 29 heavy (non-hydrogen) atoms. The van der Waals surface area contributed by atoms with Crippen molar-refractivity contribution < 1.29 is 0 Å². The van der Waals surface area contributed by atoms with Crippen LogP contribution in [0.2, 0.25) is 0 Å². The SMILES string of the molecule is CCCCCCCCCCCCC1N(C)C=CN1C.c1ccc2ncccc2c1. The van der Waals surface area contributed by atoms with Gasteiger partial charge in [0.1, 0.15) is 6.17 Å². The molecule has 0 fully saturated rings. The Bertz CT molecular complexity index is 620. The molecule has 1 aliphatic rings. The molecule has 0 saturated heterocycles. The Labute approximate surface area is 178 Å². The Kier molecular flexibility index (Phi) is 11.3. The highest BCUT2D eigenvalue weighted by Gasteiger charge is 2.18. The summed E-state index contributed by atoms with van der Waals surface area (Å²) in [5.74, 6) is 0. The second kappa shape index (κ2) is 14.0. The Balaban J connectivity index is 0.000000248. The molecule has 0 aliphatic carbocycles. The number of unbranched alkanes of at least 4 members (excludes halogenated alkanes) is 9. The largest absolute Gasteiger partial charge is 0.359 e. The van der Waals surface area contributed by atoms with E-state index in [9.17, 15) is 0 Å². The maximum atomic E-state index is 4.18. The van der Waals surface area contributed by atoms with Gasteiger partial charge in [-0.15, -0.1) is 0 Å². The van der Waals surface area contributed by atoms with E-state index < -0.39 is 0 Å². The first-order valence-corrected chi connectivity index (χ1v) is 11.6. The van der Waals surface area contributed by atoms with Crippen LogP contribution in [0.1, 0.15) is 77.6 Å². The standard InChI is InChI=1S/C17H34N2.C9H7N/c1-4-5-6-7-8-9-10-11-12-13-14-17-18(2)15-16-19(17)3;1-2-6-9-8(4-1)5-3-7-10-9/h15-17H,4-14H2,1-3H3;1-7H. The van der Waals surface area contributed by atoms with Crippen LogP contribution in [0.15, 0.2) is 55.0 Å². The van der Waals surface area contributed by atoms with Crippen molar-refractivity contribution in [2.24, 2.45) is 0 Å². The van der Waals surface area contributed by atoms with E-state index in [-0.39, 0.29) is 0 Å². The number of fused-ring (bicyclic) bond motifs is 1. The van der Waals surface area contributed by atoms with Crippen LogP contribution in [0.4, 0.5) is 0 Å². The lowest BCUT2D eigenvalue weighted by atomic mass is 10.1. The highest BCUT2D eigenvalue weighted by atomic mass is 15.4. The van der Waals surface area contributed by atoms with E-state index in [1.54, 1.807) is 0 Å². The van der Waals surface area contributed by atoms with Gasteiger partial charge in [-0.05, 0) is 25.0 Å². The molecule has 2 aromatic rings. The molecule has 0 saturated carbocycles. The molecule has 3 heteroatoms. The predicted molar refractivity (Wildman–Crippen MR) is 127 cm³/mol. The van der Waals surface area contributed by atoms with Crippen molar-refractivity contribution in [3.63, 3.8) is 0 Å². The molecule has 0 radical (unpaired) electrons. The monoisotopic (exact) mass is 395 g/mol. The van der Waals surface area contributed by atoms with E-state index in [0.717, 1.165) is 5.52 Å². The number of aromatic nitrogens is 1. The van der Waals surface area contributed by atoms with Crippen LogP contribution in [-0.2, 0) is 0 Å². The van der Waals surface area contributed by atoms with Gasteiger partial charge in [0.2, 0.25) is 0 Å². The van der Waals surface area contributed by atoms with Gasteiger partial charge >= 0.3 is 0 Å². The second-order valence-electron chi connectivity index (χ2n) is 8.28. The fraction of sp³-hybridized carbons (Fsp3) is 0.577. The molecule has 1 aromatic heterocycles. The molecular weight excluding hydrogens is 354 g/mol. The summed E-state index contributed by atoms with van der Waals surface area (Å²) in [6.45, 7) is 2.29. The number of rotatable bonds is 11. The maximum Gasteiger partial charge on any atom is 0.100 e. The minimum Gasteiger partial charge on any atom is -0.359 e. The van der Waals surface area contributed by atoms with E-state index in [0.29, 0.717) is 6.17 Å². The number of nitrogens with zero attached hydrogens (tertiary/aromatic N) is 3. The molecule has 0 amide bonds. The normalized spacial score (nSPS) is 13.8. The van der Waals surface area contributed by atoms with Crippen molar-refractivity contribution in [2.75, 3.05) is 14.1 Å². The molecule has 0 unspecified atom stereocenters. The number of pyridine rings is 1. The van der Waals surface area contributed by atoms with Crippen LogP contribution in [0.3, 0.4) is 0 Å². The summed E-state index contributed by atoms with van der Waals surface area (Å²) in [5.41, 5.74) is 1.06. The number of para-hydroxylation sites is 1. The molecule has 1 aromatic carbocycles. The third kappa shape index (κ3) is 8.89. The molecule has 1 aliphatic heterocycles. The van der Waals surface area contributed by atoms with E-state index in [1.807, 2.05) is 30.5 Å². The summed E-state index contributed by atoms with van der Waals surface area (Å²) in [7, 11) is 4.36. The zero-order valence-electron chi connectivity index (χ0n) is 18.9. The van der Waals surface area contributed by atoms with Gasteiger partial charge in [0, 0.05) is 38.1 Å². The summed E-state index contributed by atoms with van der Waals surface area (Å²) < 4.78 is 0. The van der Waals surface area contributed by atoms with Crippen LogP contribution >= 0.6 is 0 Å². The lowest BCUT2D eigenvalue weighted by molar-refractivity contribution is 0.188. The average molecular weight is 396 g/mol. The van der Waals surface area contributed by atoms with Crippen LogP contribution in [0.5, 0.6) is 0 Å². The van der Waals surface area contributed by atoms with Crippen molar-refractivity contribution in [3.05, 3.63) is 55.0 Å². The fourth-order valence-corrected chi connectivity index (χ4v) is 3.93. The Morgan fingerprint density at radius 1 is 0.724 bits per heavy atom. The van der Waals surface area contributed by atoms with E-state index in [1.165, 1.54) is 76.0 Å². The number of hydrogen-bond acceptors (Lipinski definition) is 3. The summed E-state index contributed by atoms with van der Waals surface area (Å²) in [5, 5.41) is 1.20. The van der Waals surface area contributed by atoms with Gasteiger partial charge in [0.15, 0.2) is 0 Å². The minimum absolute atomic E-state index is 0.606. The molecule has 0 atom stereocenters. The molecule has 0 spiro atoms. The zero-order chi connectivity index (χ0) is 20.7. The first-order valence-electron chi connectivity index (χ1n) is 11.6. The second-order valence-corrected chi connectivity index (χ2v) is 8.28. The number of hydrogen-bond donors (Lipinski definition) is 0. The Hall–Kier alpha value is -2.03. The zero-order valence-corrected chi connectivity index (χ0v) is 18.9. The average Bonchev–Trinajstić information content (AvgIpc) is 3.07. The van der Waals surface area contributed by atoms with Crippen LogP contribution in [0, 0.1) is 0 Å². The van der Waals surface area contributed by atoms with E-state index >= 15 is 0 Å². The predicted octanol–water partition coefficient (Wildman–Crippen LogP) is 7.21. The topological polar surface area (TPSA) is 19.4 Å². The summed E-state index contributed by atoms with van der Waals surface area (Å²) >= 11 is 0. The third-order valence-corrected chi connectivity index (χ3v) is 5.81. The molecule has 0 N–H and O–H groups in total. The van der Waals surface area contributed by atoms with Crippen LogP contribution < -0.4 is 0 Å². The van der Waals surface area contributed by atoms with E-state index in [4.69, 9.17) is 0 Å². The Morgan fingerprint density at radius 3 is 1.90 bits per heavy atom. The lowest BCUT2D eigenvalue weighted by Gasteiger charge is -2.27. The van der Waals surface area contributed by atoms with Crippen molar-refractivity contribution in [1.29, 1.82) is 0 Å². The van der Waals surface area contributed by atoms with Gasteiger partial charge in [-0.25, -0.2) is 0 Å². The Morgan fingerprint density at radius 2 is 1.28 bits per heavy atom. The van der Waals surface area contributed by atoms with Gasteiger partial charge < -0.3 is 9.80 Å². The number of benzene rings is 1. The molecule has 160 valence electrons. The van der Waals surface area contributed by atoms with Gasteiger partial charge in [-0.1, -0.05) is 89.0 Å². The minimum atomic E-state index is 0.606. The smallest absolute Gasteiger partial charge is 0.100 e. The van der Waals surface area contributed by atoms with Crippen molar-refractivity contribution in [1.82, 2.24) is 14.8 Å². The van der Waals surface area contributed by atoms with E-state index in [2.05, 4.69) is 60.3 Å². The summed E-state index contributed by atoms with van der Waals surface area (Å²) in [6.07, 6.45) is 22.3. The first kappa shape index (κ1) is 23.3. The van der Waals surface area contributed by atoms with Gasteiger partial charge in [0.25, 0.3) is 0 Å². The maximum absolute atomic E-state index is 4.18. The highest BCUT2D eigenvalue weighted by molar-refractivity contribution is 5.77. The van der Waals surface area contributed by atoms with Gasteiger partial charge in [-0.2, -0.15) is 0 Å². The highest BCUT2D eigenvalue weighted by Crippen LogP contribution is 2.18. The summed E-state index contributed by atoms with van der Waals surface area (Å²) in [6, 6.07) is 12.1. The van der Waals surface area contributed by atoms with Gasteiger partial charge in [-0.3, -0.25) is 4.98 Å².